The first-order valence-corrected chi connectivity index (χ1v) is 10.5. The fraction of sp³-hybridized carbons (Fsp3) is 0.750. The molecule has 4 aliphatic rings. The van der Waals surface area contributed by atoms with Gasteiger partial charge in [-0.15, -0.1) is 0 Å². The number of hydrogen-bond donors (Lipinski definition) is 1. The fourth-order valence-electron chi connectivity index (χ4n) is 6.61. The second-order valence-corrected chi connectivity index (χ2v) is 9.23. The molecule has 3 heteroatoms. The molecule has 0 aromatic carbocycles. The minimum Gasteiger partial charge on any atom is -0.385 e. The third kappa shape index (κ3) is 2.32. The van der Waals surface area contributed by atoms with Gasteiger partial charge in [-0.05, 0) is 84.9 Å². The maximum atomic E-state index is 11.8. The van der Waals surface area contributed by atoms with Gasteiger partial charge in [-0.1, -0.05) is 35.1 Å². The monoisotopic (exact) mass is 424 g/mol. The van der Waals surface area contributed by atoms with E-state index in [1.54, 1.807) is 0 Å². The van der Waals surface area contributed by atoms with Crippen LogP contribution < -0.4 is 0 Å². The van der Waals surface area contributed by atoms with E-state index in [4.69, 9.17) is 0 Å². The van der Waals surface area contributed by atoms with Gasteiger partial charge < -0.3 is 5.11 Å². The Morgan fingerprint density at radius 1 is 1.17 bits per heavy atom. The molecule has 0 bridgehead atoms. The molecule has 0 radical (unpaired) electrons. The van der Waals surface area contributed by atoms with Crippen LogP contribution in [0.25, 0.3) is 0 Å². The Bertz CT molecular complexity index is 580. The Morgan fingerprint density at radius 3 is 2.78 bits per heavy atom. The van der Waals surface area contributed by atoms with Crippen molar-refractivity contribution in [1.29, 1.82) is 0 Å². The highest BCUT2D eigenvalue weighted by molar-refractivity contribution is 14.1. The van der Waals surface area contributed by atoms with Gasteiger partial charge in [0.05, 0.1) is 5.60 Å². The van der Waals surface area contributed by atoms with Gasteiger partial charge >= 0.3 is 0 Å². The van der Waals surface area contributed by atoms with E-state index in [0.29, 0.717) is 17.6 Å². The van der Waals surface area contributed by atoms with Crippen molar-refractivity contribution in [2.75, 3.05) is 0 Å². The van der Waals surface area contributed by atoms with Crippen molar-refractivity contribution < 1.29 is 9.90 Å². The molecule has 6 atom stereocenters. The molecular formula is C20H27IO2. The average Bonchev–Trinajstić information content (AvgIpc) is 2.79. The van der Waals surface area contributed by atoms with Crippen molar-refractivity contribution in [3.63, 3.8) is 0 Å². The van der Waals surface area contributed by atoms with Crippen LogP contribution in [0.15, 0.2) is 21.8 Å². The summed E-state index contributed by atoms with van der Waals surface area (Å²) < 4.78 is 2.01. The zero-order valence-electron chi connectivity index (χ0n) is 13.9. The summed E-state index contributed by atoms with van der Waals surface area (Å²) in [4.78, 5) is 11.8. The molecule has 0 spiro atoms. The van der Waals surface area contributed by atoms with Crippen LogP contribution in [-0.2, 0) is 4.79 Å². The number of carbonyl (C=O) groups is 1. The third-order valence-corrected chi connectivity index (χ3v) is 8.21. The lowest BCUT2D eigenvalue weighted by atomic mass is 9.50. The average molecular weight is 424 g/mol. The SMILES string of the molecule is C[C@]12CC[C@H]3[C@@H](CCC4=CC(=O)CC[C@@H]43)[C@@H]1CC[C@]2(O)/C=C\[125I]. The maximum Gasteiger partial charge on any atom is 0.155 e. The highest BCUT2D eigenvalue weighted by Gasteiger charge is 2.61. The number of fused-ring (bicyclic) bond motifs is 5. The van der Waals surface area contributed by atoms with Crippen molar-refractivity contribution in [1.82, 2.24) is 0 Å². The zero-order valence-corrected chi connectivity index (χ0v) is 16.1. The molecule has 1 N–H and O–H groups in total. The largest absolute Gasteiger partial charge is 0.385 e. The summed E-state index contributed by atoms with van der Waals surface area (Å²) in [6, 6.07) is 0. The maximum absolute atomic E-state index is 11.8. The predicted molar refractivity (Wildman–Crippen MR) is 100 cm³/mol. The third-order valence-electron chi connectivity index (χ3n) is 7.85. The Kier molecular flexibility index (Phi) is 4.03. The number of rotatable bonds is 1. The molecule has 3 fully saturated rings. The predicted octanol–water partition coefficient (Wildman–Crippen LogP) is 4.81. The summed E-state index contributed by atoms with van der Waals surface area (Å²) in [5, 5.41) is 11.3. The summed E-state index contributed by atoms with van der Waals surface area (Å²) in [7, 11) is 0. The van der Waals surface area contributed by atoms with E-state index < -0.39 is 5.60 Å². The first-order valence-electron chi connectivity index (χ1n) is 9.22. The van der Waals surface area contributed by atoms with Crippen LogP contribution in [0.1, 0.15) is 58.3 Å². The summed E-state index contributed by atoms with van der Waals surface area (Å²) >= 11 is 2.24. The molecule has 23 heavy (non-hydrogen) atoms. The first-order chi connectivity index (χ1) is 11.0. The van der Waals surface area contributed by atoms with E-state index in [1.165, 1.54) is 24.8 Å². The topological polar surface area (TPSA) is 37.3 Å². The number of carbonyl (C=O) groups excluding carboxylic acids is 1. The lowest BCUT2D eigenvalue weighted by Gasteiger charge is -2.55. The number of aliphatic hydroxyl groups is 1. The molecule has 0 unspecified atom stereocenters. The normalized spacial score (nSPS) is 49.5. The molecule has 4 rings (SSSR count). The van der Waals surface area contributed by atoms with Gasteiger partial charge in [0.2, 0.25) is 0 Å². The van der Waals surface area contributed by atoms with E-state index in [-0.39, 0.29) is 5.41 Å². The molecule has 0 aliphatic heterocycles. The van der Waals surface area contributed by atoms with Crippen LogP contribution in [0.3, 0.4) is 0 Å². The van der Waals surface area contributed by atoms with Crippen LogP contribution in [0.5, 0.6) is 0 Å². The second kappa shape index (κ2) is 5.69. The van der Waals surface area contributed by atoms with E-state index in [1.807, 2.05) is 10.2 Å². The summed E-state index contributed by atoms with van der Waals surface area (Å²) in [5.74, 6) is 3.16. The lowest BCUT2D eigenvalue weighted by Crippen LogP contribution is -2.51. The molecule has 0 saturated heterocycles. The van der Waals surface area contributed by atoms with Crippen LogP contribution in [0.2, 0.25) is 0 Å². The molecule has 126 valence electrons. The molecule has 3 saturated carbocycles. The Labute approximate surface area is 152 Å². The van der Waals surface area contributed by atoms with Crippen molar-refractivity contribution in [3.05, 3.63) is 21.8 Å². The Hall–Kier alpha value is -0.160. The molecule has 0 aromatic heterocycles. The summed E-state index contributed by atoms with van der Waals surface area (Å²) in [6.45, 7) is 2.34. The van der Waals surface area contributed by atoms with Crippen molar-refractivity contribution >= 4 is 28.4 Å². The Morgan fingerprint density at radius 2 is 2.00 bits per heavy atom. The van der Waals surface area contributed by atoms with E-state index >= 15 is 0 Å². The minimum atomic E-state index is -0.609. The van der Waals surface area contributed by atoms with E-state index in [9.17, 15) is 9.90 Å². The summed E-state index contributed by atoms with van der Waals surface area (Å²) in [5.41, 5.74) is 0.885. The highest BCUT2D eigenvalue weighted by Crippen LogP contribution is 2.65. The fourth-order valence-corrected chi connectivity index (χ4v) is 7.20. The van der Waals surface area contributed by atoms with Crippen LogP contribution in [0, 0.1) is 29.1 Å². The van der Waals surface area contributed by atoms with Crippen LogP contribution in [0.4, 0.5) is 0 Å². The molecule has 0 aromatic rings. The molecule has 0 amide bonds. The molecule has 4 aliphatic carbocycles. The number of halogens is 1. The van der Waals surface area contributed by atoms with Gasteiger partial charge in [0.25, 0.3) is 0 Å². The molecule has 0 heterocycles. The van der Waals surface area contributed by atoms with Gasteiger partial charge in [0.1, 0.15) is 0 Å². The van der Waals surface area contributed by atoms with E-state index in [0.717, 1.165) is 43.9 Å². The second-order valence-electron chi connectivity index (χ2n) is 8.52. The van der Waals surface area contributed by atoms with Crippen LogP contribution >= 0.6 is 22.6 Å². The molecule has 2 nitrogen and oxygen atoms in total. The highest BCUT2D eigenvalue weighted by atomic mass is 125. The van der Waals surface area contributed by atoms with Gasteiger partial charge in [0.15, 0.2) is 5.78 Å². The smallest absolute Gasteiger partial charge is 0.155 e. The van der Waals surface area contributed by atoms with Crippen molar-refractivity contribution in [2.24, 2.45) is 29.1 Å². The summed E-state index contributed by atoms with van der Waals surface area (Å²) in [6.07, 6.45) is 12.6. The quantitative estimate of drug-likeness (QED) is 0.614. The van der Waals surface area contributed by atoms with Gasteiger partial charge in [-0.3, -0.25) is 4.79 Å². The first kappa shape index (κ1) is 16.3. The van der Waals surface area contributed by atoms with Crippen LogP contribution in [-0.4, -0.2) is 16.5 Å². The van der Waals surface area contributed by atoms with Gasteiger partial charge in [0, 0.05) is 11.8 Å². The number of hydrogen-bond acceptors (Lipinski definition) is 2. The van der Waals surface area contributed by atoms with Crippen molar-refractivity contribution in [3.8, 4) is 0 Å². The van der Waals surface area contributed by atoms with Crippen molar-refractivity contribution in [2.45, 2.75) is 63.9 Å². The lowest BCUT2D eigenvalue weighted by molar-refractivity contribution is -0.116. The van der Waals surface area contributed by atoms with E-state index in [2.05, 4.69) is 35.6 Å². The van der Waals surface area contributed by atoms with Gasteiger partial charge in [-0.2, -0.15) is 0 Å². The standard InChI is InChI=1S/C20H27IO2/c1-19-8-6-16-15-5-3-14(22)12-13(15)2-4-17(16)18(19)7-9-20(19,23)10-11-21/h10-12,15-18,23H,2-9H2,1H3/b11-10-/t15-,16+,17+,18-,19-,20-/m0/s1/i21-2. The van der Waals surface area contributed by atoms with Gasteiger partial charge in [-0.25, -0.2) is 0 Å². The minimum absolute atomic E-state index is 0.0432. The number of ketones is 1. The molecular weight excluding hydrogens is 397 g/mol. The zero-order chi connectivity index (χ0) is 16.2. The number of allylic oxidation sites excluding steroid dienone is 1. The Balaban J connectivity index is 1.64.